The maximum atomic E-state index is 1.71. The molecule has 0 atom stereocenters. The fourth-order valence-electron chi connectivity index (χ4n) is 22.7. The van der Waals surface area contributed by atoms with Crippen LogP contribution >= 0.6 is 0 Å². The van der Waals surface area contributed by atoms with Gasteiger partial charge < -0.3 is 0 Å². The highest BCUT2D eigenvalue weighted by atomic mass is 14.5. The Kier molecular flexibility index (Phi) is 1.57. The smallest absolute Gasteiger partial charge is 0.0000000000000000190 e. The normalized spacial score (nSPS) is 18.1. The zero-order valence-corrected chi connectivity index (χ0v) is 30.7. The van der Waals surface area contributed by atoms with Crippen molar-refractivity contribution in [1.29, 1.82) is 0 Å². The fourth-order valence-corrected chi connectivity index (χ4v) is 22.7. The average Bonchev–Trinajstić information content (AvgIpc) is 4.12. The molecule has 246 valence electrons. The van der Waals surface area contributed by atoms with Crippen LogP contribution in [-0.2, 0) is 6.42 Å². The molecule has 1 aliphatic carbocycles. The molecule has 0 unspecified atom stereocenters. The number of fused-ring (bicyclic) bond motifs is 5. The van der Waals surface area contributed by atoms with Crippen LogP contribution in [0.15, 0.2) is 0 Å². The van der Waals surface area contributed by atoms with Gasteiger partial charge in [-0.2, -0.15) is 0 Å². The van der Waals surface area contributed by atoms with Crippen molar-refractivity contribution in [2.24, 2.45) is 0 Å². The van der Waals surface area contributed by atoms with Gasteiger partial charge in [0, 0.05) is 0 Å². The number of rotatable bonds is 0. The fraction of sp³-hybridized carbons (Fsp3) is 0.0164. The molecule has 0 N–H and O–H groups in total. The van der Waals surface area contributed by atoms with Crippen molar-refractivity contribution < 1.29 is 0 Å². The summed E-state index contributed by atoms with van der Waals surface area (Å²) in [5.41, 5.74) is 3.42. The maximum absolute atomic E-state index is 1.71. The van der Waals surface area contributed by atoms with Crippen LogP contribution in [-0.4, -0.2) is 0 Å². The first-order valence-corrected chi connectivity index (χ1v) is 23.0. The van der Waals surface area contributed by atoms with Crippen molar-refractivity contribution in [3.63, 3.8) is 0 Å². The first-order chi connectivity index (χ1) is 30.5. The topological polar surface area (TPSA) is 0 Å². The van der Waals surface area contributed by atoms with Crippen LogP contribution in [0.25, 0.3) is 312 Å². The van der Waals surface area contributed by atoms with E-state index in [1.54, 1.807) is 324 Å². The Bertz CT molecular complexity index is 6640. The molecule has 0 fully saturated rings. The number of benzene rings is 19. The molecular weight excluding hydrogens is 733 g/mol. The van der Waals surface area contributed by atoms with E-state index in [9.17, 15) is 0 Å². The predicted molar refractivity (Wildman–Crippen MR) is 264 cm³/mol. The largest absolute Gasteiger partial charge is 0.0265 e. The van der Waals surface area contributed by atoms with Gasteiger partial charge >= 0.3 is 0 Å². The molecule has 0 spiro atoms. The quantitative estimate of drug-likeness (QED) is 0.136. The van der Waals surface area contributed by atoms with Crippen molar-refractivity contribution >= 4 is 312 Å². The summed E-state index contributed by atoms with van der Waals surface area (Å²) in [5.74, 6) is 0. The Balaban J connectivity index is 1.35. The van der Waals surface area contributed by atoms with Gasteiger partial charge in [-0.1, -0.05) is 0 Å². The molecule has 0 saturated carbocycles. The lowest BCUT2D eigenvalue weighted by molar-refractivity contribution is 1.29. The molecule has 0 saturated heterocycles. The molecule has 30 aromatic carbocycles. The third-order valence-corrected chi connectivity index (χ3v) is 22.8. The van der Waals surface area contributed by atoms with Crippen LogP contribution < -0.4 is 0 Å². The summed E-state index contributed by atoms with van der Waals surface area (Å²) in [4.78, 5) is 0. The Morgan fingerprint density at radius 2 is 0.148 bits per heavy atom. The lowest BCUT2D eigenvalue weighted by atomic mass is 9.78. The van der Waals surface area contributed by atoms with Crippen molar-refractivity contribution in [3.05, 3.63) is 11.1 Å². The van der Waals surface area contributed by atoms with Crippen LogP contribution in [0.4, 0.5) is 0 Å². The van der Waals surface area contributed by atoms with E-state index < -0.39 is 0 Å². The molecule has 31 rings (SSSR count). The zero-order valence-electron chi connectivity index (χ0n) is 30.7. The Morgan fingerprint density at radius 3 is 0.246 bits per heavy atom. The Hall–Kier alpha value is -7.80. The monoisotopic (exact) mass is 734 g/mol. The first-order valence-electron chi connectivity index (χ1n) is 23.0. The number of hydrogen-bond donors (Lipinski definition) is 0. The zero-order chi connectivity index (χ0) is 35.3. The van der Waals surface area contributed by atoms with Crippen LogP contribution in [0.5, 0.6) is 0 Å². The summed E-state index contributed by atoms with van der Waals surface area (Å²) in [6.45, 7) is 0. The molecule has 0 bridgehead atoms. The van der Waals surface area contributed by atoms with Crippen molar-refractivity contribution in [3.8, 4) is 0 Å². The van der Waals surface area contributed by atoms with Crippen molar-refractivity contribution in [2.75, 3.05) is 0 Å². The minimum Gasteiger partial charge on any atom is -0.0265 e. The highest BCUT2D eigenvalue weighted by Gasteiger charge is 2.51. The molecule has 0 aromatic heterocycles. The molecule has 0 amide bonds. The van der Waals surface area contributed by atoms with Crippen molar-refractivity contribution in [1.82, 2.24) is 0 Å². The summed E-state index contributed by atoms with van der Waals surface area (Å²) >= 11 is 0. The Labute approximate surface area is 328 Å². The third kappa shape index (κ3) is 1.06. The summed E-state index contributed by atoms with van der Waals surface area (Å²) in [6, 6.07) is 0. The predicted octanol–water partition coefficient (Wildman–Crippen LogP) is 17.6. The second-order valence-corrected chi connectivity index (χ2v) is 22.9. The van der Waals surface area contributed by atoms with E-state index in [0.29, 0.717) is 0 Å². The van der Waals surface area contributed by atoms with Gasteiger partial charge in [-0.25, -0.2) is 0 Å². The van der Waals surface area contributed by atoms with Crippen molar-refractivity contribution in [2.45, 2.75) is 6.42 Å². The molecule has 0 heteroatoms. The minimum atomic E-state index is 1.09. The Morgan fingerprint density at radius 1 is 0.0820 bits per heavy atom. The summed E-state index contributed by atoms with van der Waals surface area (Å²) in [7, 11) is 0. The first kappa shape index (κ1) is 20.9. The molecule has 30 aromatic rings. The van der Waals surface area contributed by atoms with Crippen LogP contribution in [0.2, 0.25) is 0 Å². The molecule has 0 heterocycles. The molecule has 1 aliphatic rings. The van der Waals surface area contributed by atoms with Gasteiger partial charge in [0.1, 0.15) is 0 Å². The highest BCUT2D eigenvalue weighted by molar-refractivity contribution is 6.83. The van der Waals surface area contributed by atoms with E-state index in [0.717, 1.165) is 6.42 Å². The van der Waals surface area contributed by atoms with E-state index in [-0.39, 0.29) is 0 Å². The highest BCUT2D eigenvalue weighted by Crippen LogP contribution is 2.79. The molecule has 0 aliphatic heterocycles. The summed E-state index contributed by atoms with van der Waals surface area (Å²) in [6.07, 6.45) is 1.09. The average molecular weight is 735 g/mol. The van der Waals surface area contributed by atoms with E-state index in [1.807, 2.05) is 0 Å². The van der Waals surface area contributed by atoms with Gasteiger partial charge in [-0.05, 0) is 330 Å². The van der Waals surface area contributed by atoms with E-state index in [4.69, 9.17) is 0 Å². The second kappa shape index (κ2) is 4.56. The summed E-state index contributed by atoms with van der Waals surface area (Å²) < 4.78 is 0. The van der Waals surface area contributed by atoms with E-state index >= 15 is 0 Å². The molecule has 0 nitrogen and oxygen atoms in total. The van der Waals surface area contributed by atoms with E-state index in [1.165, 1.54) is 0 Å². The standard InChI is InChI=1S/C61H2/c1-2-4-8-5-3(1)7-10-9-6(2)13-16-11(4)22-24-15(8)25-23-12(5)17-14(7)21-19(10)29-28-18(9)20(13)30-36-26(16)32(22)42-44-34(24)35(25)45-43-33(23)27(17)37-31(21)41-39(29)48-38(28)40(30)49-46(36)51(42)58-53(44)54(45)59-52(43)47(37)50(41)57-55(48)56(49)60(58)61(57)59/h1H2. The van der Waals surface area contributed by atoms with Gasteiger partial charge in [-0.3, -0.25) is 0 Å². The van der Waals surface area contributed by atoms with E-state index in [2.05, 4.69) is 0 Å². The second-order valence-electron chi connectivity index (χ2n) is 22.9. The number of hydrogen-bond acceptors (Lipinski definition) is 0. The lowest BCUT2D eigenvalue weighted by Gasteiger charge is -2.24. The SMILES string of the molecule is C1c2c3c4c5c1c1c6c7c2c2c8c3c3c9c4c4c%10c5c5c1c1c6c6c%11c7c2c2c7c8c3c3c8c9c4c4c9c%10c5c5c1c1c6c6c%11c2c2c7c3c3c8c4c4c9c5c1c1c6c2c3c41. The summed E-state index contributed by atoms with van der Waals surface area (Å²) in [5, 5.41) is 97.0. The van der Waals surface area contributed by atoms with Gasteiger partial charge in [0.2, 0.25) is 0 Å². The van der Waals surface area contributed by atoms with Gasteiger partial charge in [0.15, 0.2) is 0 Å². The minimum absolute atomic E-state index is 1.09. The molecule has 0 radical (unpaired) electrons. The maximum Gasteiger partial charge on any atom is -0.0000000000000000190 e. The lowest BCUT2D eigenvalue weighted by Crippen LogP contribution is -2.01. The van der Waals surface area contributed by atoms with Gasteiger partial charge in [0.05, 0.1) is 0 Å². The molecular formula is C61H2. The third-order valence-electron chi connectivity index (χ3n) is 22.8. The molecule has 61 heavy (non-hydrogen) atoms. The van der Waals surface area contributed by atoms with Crippen LogP contribution in [0.1, 0.15) is 11.1 Å². The van der Waals surface area contributed by atoms with Crippen LogP contribution in [0.3, 0.4) is 0 Å². The van der Waals surface area contributed by atoms with Gasteiger partial charge in [-0.15, -0.1) is 0 Å². The van der Waals surface area contributed by atoms with Gasteiger partial charge in [0.25, 0.3) is 0 Å². The van der Waals surface area contributed by atoms with Crippen LogP contribution in [0, 0.1) is 0 Å².